The van der Waals surface area contributed by atoms with Gasteiger partial charge in [-0.05, 0) is 67.9 Å². The van der Waals surface area contributed by atoms with Gasteiger partial charge in [0.15, 0.2) is 0 Å². The third-order valence-electron chi connectivity index (χ3n) is 4.96. The van der Waals surface area contributed by atoms with Gasteiger partial charge in [-0.15, -0.1) is 0 Å². The molecule has 0 N–H and O–H groups in total. The largest absolute Gasteiger partial charge is 0.416 e. The lowest BCUT2D eigenvalue weighted by molar-refractivity contribution is -0.137. The summed E-state index contributed by atoms with van der Waals surface area (Å²) in [6, 6.07) is 13.5. The Bertz CT molecular complexity index is 1340. The van der Waals surface area contributed by atoms with Gasteiger partial charge in [-0.2, -0.15) is 21.6 Å². The molecule has 0 aliphatic heterocycles. The molecule has 11 heteroatoms. The molecule has 3 aromatic rings. The van der Waals surface area contributed by atoms with Crippen molar-refractivity contribution in [1.82, 2.24) is 4.90 Å². The molecule has 0 aliphatic carbocycles. The van der Waals surface area contributed by atoms with Crippen LogP contribution in [0.25, 0.3) is 0 Å². The van der Waals surface area contributed by atoms with Crippen LogP contribution in [0.5, 0.6) is 5.75 Å². The van der Waals surface area contributed by atoms with Gasteiger partial charge < -0.3 is 9.08 Å². The van der Waals surface area contributed by atoms with E-state index in [0.29, 0.717) is 22.2 Å². The molecule has 3 aromatic carbocycles. The highest BCUT2D eigenvalue weighted by atomic mass is 35.5. The molecular formula is C24H20Cl2F3NO4S. The monoisotopic (exact) mass is 545 g/mol. The van der Waals surface area contributed by atoms with Gasteiger partial charge in [-0.1, -0.05) is 41.4 Å². The van der Waals surface area contributed by atoms with Crippen LogP contribution in [0.4, 0.5) is 13.2 Å². The molecule has 1 amide bonds. The molecule has 0 spiro atoms. The molecule has 5 nitrogen and oxygen atoms in total. The van der Waals surface area contributed by atoms with Crippen molar-refractivity contribution >= 4 is 39.2 Å². The van der Waals surface area contributed by atoms with Crippen molar-refractivity contribution in [3.63, 3.8) is 0 Å². The summed E-state index contributed by atoms with van der Waals surface area (Å²) in [6.07, 6.45) is -4.70. The minimum atomic E-state index is -4.70. The highest BCUT2D eigenvalue weighted by molar-refractivity contribution is 7.87. The van der Waals surface area contributed by atoms with E-state index in [1.54, 1.807) is 17.0 Å². The molecule has 35 heavy (non-hydrogen) atoms. The third-order valence-corrected chi connectivity index (χ3v) is 6.94. The van der Waals surface area contributed by atoms with Crippen LogP contribution in [0.1, 0.15) is 35.3 Å². The molecule has 0 aliphatic rings. The molecule has 0 saturated carbocycles. The summed E-state index contributed by atoms with van der Waals surface area (Å²) in [4.78, 5) is 14.0. The third kappa shape index (κ3) is 6.68. The van der Waals surface area contributed by atoms with E-state index < -0.39 is 26.8 Å². The number of halogens is 5. The SMILES string of the molecule is CC(C)N(Cc1cccc(OS(=O)(=O)c2cccc(C(F)(F)F)c2)c1)C(=O)c1ccc(Cl)c(Cl)c1. The zero-order valence-electron chi connectivity index (χ0n) is 18.5. The first-order valence-electron chi connectivity index (χ1n) is 10.2. The maximum atomic E-state index is 13.1. The van der Waals surface area contributed by atoms with Crippen molar-refractivity contribution < 1.29 is 30.6 Å². The van der Waals surface area contributed by atoms with E-state index in [9.17, 15) is 26.4 Å². The van der Waals surface area contributed by atoms with Crippen molar-refractivity contribution in [2.24, 2.45) is 0 Å². The van der Waals surface area contributed by atoms with E-state index in [1.165, 1.54) is 30.3 Å². The molecule has 0 fully saturated rings. The van der Waals surface area contributed by atoms with Crippen LogP contribution in [0, 0.1) is 0 Å². The quantitative estimate of drug-likeness (QED) is 0.305. The Hall–Kier alpha value is -2.75. The van der Waals surface area contributed by atoms with Crippen LogP contribution in [0.3, 0.4) is 0 Å². The number of carbonyl (C=O) groups is 1. The Balaban J connectivity index is 1.83. The van der Waals surface area contributed by atoms with E-state index >= 15 is 0 Å². The molecule has 0 unspecified atom stereocenters. The number of amides is 1. The topological polar surface area (TPSA) is 63.7 Å². The lowest BCUT2D eigenvalue weighted by Gasteiger charge is -2.27. The lowest BCUT2D eigenvalue weighted by Crippen LogP contribution is -2.36. The summed E-state index contributed by atoms with van der Waals surface area (Å²) in [7, 11) is -4.53. The average Bonchev–Trinajstić information content (AvgIpc) is 2.78. The Morgan fingerprint density at radius 2 is 1.66 bits per heavy atom. The van der Waals surface area contributed by atoms with Gasteiger partial charge in [0.25, 0.3) is 5.91 Å². The predicted molar refractivity (Wildman–Crippen MR) is 127 cm³/mol. The maximum absolute atomic E-state index is 13.1. The number of nitrogens with zero attached hydrogens (tertiary/aromatic N) is 1. The van der Waals surface area contributed by atoms with Gasteiger partial charge >= 0.3 is 16.3 Å². The van der Waals surface area contributed by atoms with Gasteiger partial charge in [0, 0.05) is 18.2 Å². The maximum Gasteiger partial charge on any atom is 0.416 e. The molecular weight excluding hydrogens is 526 g/mol. The van der Waals surface area contributed by atoms with Crippen LogP contribution in [-0.2, 0) is 22.8 Å². The minimum Gasteiger partial charge on any atom is -0.379 e. The molecule has 0 radical (unpaired) electrons. The van der Waals surface area contributed by atoms with Crippen LogP contribution in [0.2, 0.25) is 10.0 Å². The standard InChI is InChI=1S/C24H20Cl2F3NO4S/c1-15(2)30(23(31)17-9-10-21(25)22(26)12-17)14-16-5-3-7-19(11-16)34-35(32,33)20-8-4-6-18(13-20)24(27,28)29/h3-13,15H,14H2,1-2H3. The van der Waals surface area contributed by atoms with Gasteiger partial charge in [0.1, 0.15) is 10.6 Å². The Morgan fingerprint density at radius 1 is 0.971 bits per heavy atom. The minimum absolute atomic E-state index is 0.106. The van der Waals surface area contributed by atoms with Gasteiger partial charge in [0.05, 0.1) is 15.6 Å². The highest BCUT2D eigenvalue weighted by Crippen LogP contribution is 2.31. The van der Waals surface area contributed by atoms with Gasteiger partial charge in [-0.25, -0.2) is 0 Å². The van der Waals surface area contributed by atoms with Crippen LogP contribution < -0.4 is 4.18 Å². The van der Waals surface area contributed by atoms with Crippen LogP contribution >= 0.6 is 23.2 Å². The number of benzene rings is 3. The number of hydrogen-bond donors (Lipinski definition) is 0. The number of rotatable bonds is 7. The second-order valence-electron chi connectivity index (χ2n) is 7.87. The van der Waals surface area contributed by atoms with Gasteiger partial charge in [-0.3, -0.25) is 4.79 Å². The van der Waals surface area contributed by atoms with E-state index in [4.69, 9.17) is 27.4 Å². The van der Waals surface area contributed by atoms with E-state index in [2.05, 4.69) is 0 Å². The van der Waals surface area contributed by atoms with Crippen LogP contribution in [0.15, 0.2) is 71.6 Å². The van der Waals surface area contributed by atoms with E-state index in [-0.39, 0.29) is 29.3 Å². The first-order valence-corrected chi connectivity index (χ1v) is 12.4. The smallest absolute Gasteiger partial charge is 0.379 e. The second-order valence-corrected chi connectivity index (χ2v) is 10.2. The fraction of sp³-hybridized carbons (Fsp3) is 0.208. The molecule has 186 valence electrons. The zero-order chi connectivity index (χ0) is 26.0. The first kappa shape index (κ1) is 26.8. The van der Waals surface area contributed by atoms with E-state index in [0.717, 1.165) is 18.2 Å². The highest BCUT2D eigenvalue weighted by Gasteiger charge is 2.32. The van der Waals surface area contributed by atoms with Crippen molar-refractivity contribution in [1.29, 1.82) is 0 Å². The van der Waals surface area contributed by atoms with Crippen molar-refractivity contribution in [3.8, 4) is 5.75 Å². The molecule has 0 saturated heterocycles. The number of hydrogen-bond acceptors (Lipinski definition) is 4. The van der Waals surface area contributed by atoms with Gasteiger partial charge in [0.2, 0.25) is 0 Å². The first-order chi connectivity index (χ1) is 16.3. The normalized spacial score (nSPS) is 12.0. The van der Waals surface area contributed by atoms with Crippen LogP contribution in [-0.4, -0.2) is 25.3 Å². The summed E-state index contributed by atoms with van der Waals surface area (Å²) in [5.74, 6) is -0.424. The number of carbonyl (C=O) groups excluding carboxylic acids is 1. The summed E-state index contributed by atoms with van der Waals surface area (Å²) in [5, 5.41) is 0.544. The summed E-state index contributed by atoms with van der Waals surface area (Å²) in [6.45, 7) is 3.74. The fourth-order valence-corrected chi connectivity index (χ4v) is 4.45. The van der Waals surface area contributed by atoms with Crippen molar-refractivity contribution in [3.05, 3.63) is 93.5 Å². The molecule has 0 atom stereocenters. The fourth-order valence-electron chi connectivity index (χ4n) is 3.18. The Labute approximate surface area is 211 Å². The lowest BCUT2D eigenvalue weighted by atomic mass is 10.1. The number of alkyl halides is 3. The summed E-state index contributed by atoms with van der Waals surface area (Å²) in [5.41, 5.74) is -0.235. The molecule has 0 aromatic heterocycles. The van der Waals surface area contributed by atoms with E-state index in [1.807, 2.05) is 13.8 Å². The van der Waals surface area contributed by atoms with Crippen molar-refractivity contribution in [2.45, 2.75) is 37.5 Å². The Kier molecular flexibility index (Phi) is 8.03. The zero-order valence-corrected chi connectivity index (χ0v) is 20.8. The Morgan fingerprint density at radius 3 is 2.29 bits per heavy atom. The summed E-state index contributed by atoms with van der Waals surface area (Å²) < 4.78 is 69.2. The van der Waals surface area contributed by atoms with Crippen molar-refractivity contribution in [2.75, 3.05) is 0 Å². The molecule has 0 bridgehead atoms. The molecule has 0 heterocycles. The summed E-state index contributed by atoms with van der Waals surface area (Å²) >= 11 is 12.0. The average molecular weight is 546 g/mol. The second kappa shape index (κ2) is 10.5. The molecule has 3 rings (SSSR count). The predicted octanol–water partition coefficient (Wildman–Crippen LogP) is 6.83.